The number of Topliss-reactive ketones (excluding diaryl/α,β-unsaturated/α-hetero) is 2. The fourth-order valence-electron chi connectivity index (χ4n) is 2.72. The Kier molecular flexibility index (Phi) is 7.33. The monoisotopic (exact) mass is 388 g/mol. The maximum Gasteiger partial charge on any atom is 0.163 e. The van der Waals surface area contributed by atoms with E-state index in [0.29, 0.717) is 11.3 Å². The van der Waals surface area contributed by atoms with Crippen molar-refractivity contribution in [3.63, 3.8) is 0 Å². The van der Waals surface area contributed by atoms with Gasteiger partial charge in [0, 0.05) is 40.3 Å². The van der Waals surface area contributed by atoms with Crippen LogP contribution in [0, 0.1) is 29.6 Å². The molecular formula is C24H24N2O3. The Morgan fingerprint density at radius 1 is 0.966 bits per heavy atom. The number of carbonyl (C=O) groups is 2. The number of hydrogen-bond acceptors (Lipinski definition) is 5. The molecule has 0 fully saturated rings. The lowest BCUT2D eigenvalue weighted by atomic mass is 9.80. The summed E-state index contributed by atoms with van der Waals surface area (Å²) in [4.78, 5) is 24.4. The second-order valence-corrected chi connectivity index (χ2v) is 7.33. The molecule has 0 aliphatic heterocycles. The number of hydrogen-bond donors (Lipinski definition) is 3. The van der Waals surface area contributed by atoms with E-state index in [1.165, 1.54) is 0 Å². The molecule has 0 aromatic heterocycles. The lowest BCUT2D eigenvalue weighted by Gasteiger charge is -2.28. The van der Waals surface area contributed by atoms with E-state index in [0.717, 1.165) is 11.1 Å². The summed E-state index contributed by atoms with van der Waals surface area (Å²) < 4.78 is 0. The molecule has 0 amide bonds. The number of ketones is 2. The van der Waals surface area contributed by atoms with Gasteiger partial charge in [-0.05, 0) is 62.1 Å². The first-order valence-electron chi connectivity index (χ1n) is 9.14. The lowest BCUT2D eigenvalue weighted by Crippen LogP contribution is -2.46. The number of nitrogens with two attached hydrogens (primary N) is 2. The van der Waals surface area contributed by atoms with Gasteiger partial charge in [-0.3, -0.25) is 9.59 Å². The molecule has 0 bridgehead atoms. The zero-order chi connectivity index (χ0) is 21.4. The standard InChI is InChI=1S/C24H24N2O3/c1-24(2,26)21(23(29)16-27)15-22(28)19-11-7-17(8-12-19)5-3-4-6-18-9-13-20(25)14-10-18/h7-14,21,27H,15-16,25-26H2,1-2H3/t21-/m1/s1. The third-order valence-corrected chi connectivity index (χ3v) is 4.43. The van der Waals surface area contributed by atoms with Gasteiger partial charge in [-0.25, -0.2) is 0 Å². The fraction of sp³-hybridized carbons (Fsp3) is 0.250. The smallest absolute Gasteiger partial charge is 0.163 e. The molecule has 1 atom stereocenters. The Morgan fingerprint density at radius 3 is 1.90 bits per heavy atom. The maximum absolute atomic E-state index is 12.5. The number of benzene rings is 2. The summed E-state index contributed by atoms with van der Waals surface area (Å²) in [5.74, 6) is 10.00. The van der Waals surface area contributed by atoms with E-state index in [1.54, 1.807) is 50.2 Å². The normalized spacial score (nSPS) is 11.4. The van der Waals surface area contributed by atoms with Crippen LogP contribution in [0.15, 0.2) is 48.5 Å². The predicted molar refractivity (Wildman–Crippen MR) is 114 cm³/mol. The van der Waals surface area contributed by atoms with Crippen LogP contribution in [0.3, 0.4) is 0 Å². The molecule has 148 valence electrons. The van der Waals surface area contributed by atoms with Crippen LogP contribution < -0.4 is 11.5 Å². The molecule has 0 heterocycles. The average Bonchev–Trinajstić information content (AvgIpc) is 2.69. The largest absolute Gasteiger partial charge is 0.399 e. The minimum atomic E-state index is -0.899. The SMILES string of the molecule is CC(C)(N)[C@H](CC(=O)c1ccc(C#CC#Cc2ccc(N)cc2)cc1)C(=O)CO. The van der Waals surface area contributed by atoms with Crippen molar-refractivity contribution in [2.45, 2.75) is 25.8 Å². The van der Waals surface area contributed by atoms with Crippen LogP contribution in [0.4, 0.5) is 5.69 Å². The number of anilines is 1. The fourth-order valence-corrected chi connectivity index (χ4v) is 2.72. The van der Waals surface area contributed by atoms with Crippen LogP contribution >= 0.6 is 0 Å². The summed E-state index contributed by atoms with van der Waals surface area (Å²) in [5.41, 5.74) is 13.4. The molecule has 0 saturated carbocycles. The first-order valence-corrected chi connectivity index (χ1v) is 9.14. The number of rotatable bonds is 6. The van der Waals surface area contributed by atoms with E-state index in [9.17, 15) is 9.59 Å². The Bertz CT molecular complexity index is 993. The van der Waals surface area contributed by atoms with Crippen LogP contribution in [-0.2, 0) is 4.79 Å². The molecule has 29 heavy (non-hydrogen) atoms. The quantitative estimate of drug-likeness (QED) is 0.399. The van der Waals surface area contributed by atoms with E-state index in [2.05, 4.69) is 23.7 Å². The van der Waals surface area contributed by atoms with E-state index in [4.69, 9.17) is 16.6 Å². The lowest BCUT2D eigenvalue weighted by molar-refractivity contribution is -0.127. The second kappa shape index (κ2) is 9.71. The molecule has 2 aromatic carbocycles. The number of nitrogen functional groups attached to an aromatic ring is 1. The summed E-state index contributed by atoms with van der Waals surface area (Å²) >= 11 is 0. The van der Waals surface area contributed by atoms with Gasteiger partial charge < -0.3 is 16.6 Å². The summed E-state index contributed by atoms with van der Waals surface area (Å²) in [6.45, 7) is 2.70. The first kappa shape index (κ1) is 21.9. The molecule has 0 saturated heterocycles. The van der Waals surface area contributed by atoms with Crippen LogP contribution in [0.2, 0.25) is 0 Å². The molecular weight excluding hydrogens is 364 g/mol. The van der Waals surface area contributed by atoms with Crippen LogP contribution in [0.25, 0.3) is 0 Å². The first-order chi connectivity index (χ1) is 13.7. The summed E-state index contributed by atoms with van der Waals surface area (Å²) in [6, 6.07) is 14.0. The maximum atomic E-state index is 12.5. The van der Waals surface area contributed by atoms with E-state index >= 15 is 0 Å². The minimum Gasteiger partial charge on any atom is -0.399 e. The van der Waals surface area contributed by atoms with Gasteiger partial charge >= 0.3 is 0 Å². The number of aliphatic hydroxyl groups excluding tert-OH is 1. The zero-order valence-electron chi connectivity index (χ0n) is 16.5. The van der Waals surface area contributed by atoms with Crippen molar-refractivity contribution in [3.8, 4) is 23.7 Å². The van der Waals surface area contributed by atoms with E-state index in [1.807, 2.05) is 12.1 Å². The van der Waals surface area contributed by atoms with Gasteiger partial charge in [-0.2, -0.15) is 0 Å². The molecule has 0 spiro atoms. The molecule has 5 nitrogen and oxygen atoms in total. The third-order valence-electron chi connectivity index (χ3n) is 4.43. The number of carbonyl (C=O) groups excluding carboxylic acids is 2. The molecule has 2 aromatic rings. The molecule has 5 heteroatoms. The Hall–Kier alpha value is -3.38. The second-order valence-electron chi connectivity index (χ2n) is 7.33. The molecule has 0 radical (unpaired) electrons. The van der Waals surface area contributed by atoms with Crippen LogP contribution in [0.5, 0.6) is 0 Å². The van der Waals surface area contributed by atoms with Crippen LogP contribution in [0.1, 0.15) is 41.8 Å². The van der Waals surface area contributed by atoms with Gasteiger partial charge in [0.25, 0.3) is 0 Å². The third kappa shape index (κ3) is 6.62. The van der Waals surface area contributed by atoms with Crippen molar-refractivity contribution in [3.05, 3.63) is 65.2 Å². The minimum absolute atomic E-state index is 0.0546. The van der Waals surface area contributed by atoms with Crippen molar-refractivity contribution in [2.24, 2.45) is 11.7 Å². The molecule has 0 aliphatic carbocycles. The van der Waals surface area contributed by atoms with Gasteiger partial charge in [0.15, 0.2) is 11.6 Å². The van der Waals surface area contributed by atoms with Crippen molar-refractivity contribution in [1.29, 1.82) is 0 Å². The summed E-state index contributed by atoms with van der Waals surface area (Å²) in [6.07, 6.45) is -0.0546. The Morgan fingerprint density at radius 2 is 1.45 bits per heavy atom. The molecule has 5 N–H and O–H groups in total. The molecule has 0 unspecified atom stereocenters. The summed E-state index contributed by atoms with van der Waals surface area (Å²) in [7, 11) is 0. The average molecular weight is 388 g/mol. The molecule has 2 rings (SSSR count). The van der Waals surface area contributed by atoms with Crippen molar-refractivity contribution in [2.75, 3.05) is 12.3 Å². The van der Waals surface area contributed by atoms with Gasteiger partial charge in [0.1, 0.15) is 6.61 Å². The van der Waals surface area contributed by atoms with E-state index in [-0.39, 0.29) is 12.2 Å². The van der Waals surface area contributed by atoms with Crippen molar-refractivity contribution >= 4 is 17.3 Å². The molecule has 0 aliphatic rings. The highest BCUT2D eigenvalue weighted by Gasteiger charge is 2.33. The highest BCUT2D eigenvalue weighted by Crippen LogP contribution is 2.21. The Labute approximate surface area is 171 Å². The van der Waals surface area contributed by atoms with Crippen molar-refractivity contribution < 1.29 is 14.7 Å². The highest BCUT2D eigenvalue weighted by molar-refractivity contribution is 5.99. The van der Waals surface area contributed by atoms with Gasteiger partial charge in [0.05, 0.1) is 0 Å². The van der Waals surface area contributed by atoms with Gasteiger partial charge in [-0.15, -0.1) is 0 Å². The Balaban J connectivity index is 2.06. The predicted octanol–water partition coefficient (Wildman–Crippen LogP) is 2.16. The zero-order valence-corrected chi connectivity index (χ0v) is 16.5. The van der Waals surface area contributed by atoms with Crippen molar-refractivity contribution in [1.82, 2.24) is 0 Å². The highest BCUT2D eigenvalue weighted by atomic mass is 16.3. The van der Waals surface area contributed by atoms with E-state index < -0.39 is 23.8 Å². The number of aliphatic hydroxyl groups is 1. The van der Waals surface area contributed by atoms with Gasteiger partial charge in [-0.1, -0.05) is 24.0 Å². The topological polar surface area (TPSA) is 106 Å². The summed E-state index contributed by atoms with van der Waals surface area (Å²) in [5, 5.41) is 9.13. The van der Waals surface area contributed by atoms with Gasteiger partial charge in [0.2, 0.25) is 0 Å². The van der Waals surface area contributed by atoms with Crippen LogP contribution in [-0.4, -0.2) is 28.8 Å².